The Morgan fingerprint density at radius 3 is 1.88 bits per heavy atom. The number of methoxy groups -OCH3 is 4. The van der Waals surface area contributed by atoms with E-state index < -0.39 is 0 Å². The average Bonchev–Trinajstić information content (AvgIpc) is 3.28. The van der Waals surface area contributed by atoms with Gasteiger partial charge in [0.05, 0.1) is 34.5 Å². The molecule has 3 aromatic carbocycles. The Bertz CT molecular complexity index is 1200. The fourth-order valence-electron chi connectivity index (χ4n) is 4.61. The largest absolute Gasteiger partial charge is 0.493 e. The molecular formula is C24H27BrN2O5. The summed E-state index contributed by atoms with van der Waals surface area (Å²) in [6, 6.07) is 7.64. The monoisotopic (exact) mass is 502 g/mol. The molecule has 170 valence electrons. The molecule has 2 N–H and O–H groups in total. The van der Waals surface area contributed by atoms with Gasteiger partial charge in [0.1, 0.15) is 0 Å². The summed E-state index contributed by atoms with van der Waals surface area (Å²) in [6.45, 7) is 1.39. The lowest BCUT2D eigenvalue weighted by Gasteiger charge is -2.25. The van der Waals surface area contributed by atoms with Gasteiger partial charge in [0.15, 0.2) is 23.0 Å². The number of rotatable bonds is 7. The Hall–Kier alpha value is -2.71. The van der Waals surface area contributed by atoms with Crippen molar-refractivity contribution in [1.29, 1.82) is 0 Å². The molecule has 0 radical (unpaired) electrons. The van der Waals surface area contributed by atoms with Crippen molar-refractivity contribution in [2.24, 2.45) is 5.73 Å². The summed E-state index contributed by atoms with van der Waals surface area (Å²) in [5.74, 6) is 2.28. The second-order valence-corrected chi connectivity index (χ2v) is 8.62. The van der Waals surface area contributed by atoms with Crippen molar-refractivity contribution >= 4 is 43.4 Å². The van der Waals surface area contributed by atoms with Crippen molar-refractivity contribution in [2.75, 3.05) is 35.0 Å². The average molecular weight is 503 g/mol. The zero-order valence-electron chi connectivity index (χ0n) is 18.7. The summed E-state index contributed by atoms with van der Waals surface area (Å²) in [4.78, 5) is 14.1. The molecule has 1 atom stereocenters. The van der Waals surface area contributed by atoms with Crippen molar-refractivity contribution in [3.63, 3.8) is 0 Å². The van der Waals surface area contributed by atoms with Gasteiger partial charge in [0, 0.05) is 16.4 Å². The number of carbonyl (C=O) groups is 1. The molecule has 4 rings (SSSR count). The zero-order chi connectivity index (χ0) is 23.0. The van der Waals surface area contributed by atoms with Crippen LogP contribution >= 0.6 is 15.9 Å². The summed E-state index contributed by atoms with van der Waals surface area (Å²) < 4.78 is 23.2. The maximum atomic E-state index is 12.0. The predicted molar refractivity (Wildman–Crippen MR) is 128 cm³/mol. The Morgan fingerprint density at radius 1 is 0.906 bits per heavy atom. The topological polar surface area (TPSA) is 83.3 Å². The number of nitrogens with two attached hydrogens (primary N) is 1. The van der Waals surface area contributed by atoms with E-state index in [-0.39, 0.29) is 11.9 Å². The normalized spacial score (nSPS) is 16.5. The molecule has 1 aliphatic rings. The molecule has 0 aromatic heterocycles. The predicted octanol–water partition coefficient (Wildman–Crippen LogP) is 4.24. The fraction of sp³-hybridized carbons (Fsp3) is 0.375. The molecule has 7 nitrogen and oxygen atoms in total. The molecule has 0 aliphatic carbocycles. The minimum absolute atomic E-state index is 0.266. The maximum absolute atomic E-state index is 12.0. The van der Waals surface area contributed by atoms with E-state index in [0.29, 0.717) is 29.5 Å². The highest BCUT2D eigenvalue weighted by molar-refractivity contribution is 9.10. The molecule has 0 saturated carbocycles. The Labute approximate surface area is 195 Å². The molecule has 1 aliphatic heterocycles. The van der Waals surface area contributed by atoms with E-state index in [0.717, 1.165) is 51.0 Å². The van der Waals surface area contributed by atoms with Gasteiger partial charge in [-0.05, 0) is 81.3 Å². The van der Waals surface area contributed by atoms with E-state index in [1.807, 2.05) is 24.3 Å². The number of primary amides is 1. The van der Waals surface area contributed by atoms with Crippen molar-refractivity contribution in [1.82, 2.24) is 4.90 Å². The molecule has 1 fully saturated rings. The first-order chi connectivity index (χ1) is 15.4. The summed E-state index contributed by atoms with van der Waals surface area (Å²) in [7, 11) is 6.49. The molecule has 1 heterocycles. The molecule has 0 unspecified atom stereocenters. The highest BCUT2D eigenvalue weighted by Gasteiger charge is 2.30. The first kappa shape index (κ1) is 22.5. The zero-order valence-corrected chi connectivity index (χ0v) is 20.2. The van der Waals surface area contributed by atoms with Gasteiger partial charge in [-0.15, -0.1) is 0 Å². The van der Waals surface area contributed by atoms with Crippen LogP contribution in [0.4, 0.5) is 0 Å². The van der Waals surface area contributed by atoms with Gasteiger partial charge in [-0.1, -0.05) is 0 Å². The van der Waals surface area contributed by atoms with E-state index in [9.17, 15) is 4.79 Å². The molecule has 1 amide bonds. The van der Waals surface area contributed by atoms with Gasteiger partial charge in [0.25, 0.3) is 0 Å². The molecule has 1 saturated heterocycles. The molecule has 0 bridgehead atoms. The Kier molecular flexibility index (Phi) is 6.35. The van der Waals surface area contributed by atoms with Crippen molar-refractivity contribution < 1.29 is 23.7 Å². The number of likely N-dealkylation sites (tertiary alicyclic amines) is 1. The molecule has 3 aromatic rings. The quantitative estimate of drug-likeness (QED) is 0.486. The number of hydrogen-bond acceptors (Lipinski definition) is 6. The van der Waals surface area contributed by atoms with Crippen LogP contribution in [0, 0.1) is 0 Å². The van der Waals surface area contributed by atoms with E-state index >= 15 is 0 Å². The van der Waals surface area contributed by atoms with E-state index in [2.05, 4.69) is 20.8 Å². The van der Waals surface area contributed by atoms with Gasteiger partial charge >= 0.3 is 0 Å². The number of benzene rings is 3. The lowest BCUT2D eigenvalue weighted by Crippen LogP contribution is -2.39. The van der Waals surface area contributed by atoms with Crippen LogP contribution in [0.25, 0.3) is 21.5 Å². The van der Waals surface area contributed by atoms with Crippen molar-refractivity contribution in [3.8, 4) is 23.0 Å². The summed E-state index contributed by atoms with van der Waals surface area (Å²) in [5, 5.41) is 3.96. The molecule has 0 spiro atoms. The number of fused-ring (bicyclic) bond motifs is 3. The third-order valence-electron chi connectivity index (χ3n) is 6.22. The second-order valence-electron chi connectivity index (χ2n) is 7.83. The third kappa shape index (κ3) is 3.71. The Morgan fingerprint density at radius 2 is 1.38 bits per heavy atom. The highest BCUT2D eigenvalue weighted by atomic mass is 79.9. The molecular weight excluding hydrogens is 476 g/mol. The van der Waals surface area contributed by atoms with Crippen LogP contribution < -0.4 is 24.7 Å². The van der Waals surface area contributed by atoms with Gasteiger partial charge in [0.2, 0.25) is 5.91 Å². The van der Waals surface area contributed by atoms with Gasteiger partial charge in [-0.2, -0.15) is 0 Å². The van der Waals surface area contributed by atoms with Gasteiger partial charge in [-0.3, -0.25) is 9.69 Å². The van der Waals surface area contributed by atoms with Crippen LogP contribution in [0.2, 0.25) is 0 Å². The summed E-state index contributed by atoms with van der Waals surface area (Å²) in [5.41, 5.74) is 6.73. The van der Waals surface area contributed by atoms with Crippen LogP contribution in [0.15, 0.2) is 28.7 Å². The summed E-state index contributed by atoms with van der Waals surface area (Å²) >= 11 is 3.85. The van der Waals surface area contributed by atoms with Crippen molar-refractivity contribution in [2.45, 2.75) is 25.4 Å². The number of ether oxygens (including phenoxy) is 4. The second kappa shape index (κ2) is 9.03. The van der Waals surface area contributed by atoms with E-state index in [4.69, 9.17) is 24.7 Å². The first-order valence-corrected chi connectivity index (χ1v) is 11.2. The van der Waals surface area contributed by atoms with Crippen LogP contribution in [0.3, 0.4) is 0 Å². The lowest BCUT2D eigenvalue weighted by molar-refractivity contribution is -0.122. The SMILES string of the molecule is COc1cc2c(Br)c(CN3CCC[C@H]3C(N)=O)c3cc(OC)c(OC)cc3c2cc1OC. The smallest absolute Gasteiger partial charge is 0.234 e. The van der Waals surface area contributed by atoms with Crippen LogP contribution in [0.1, 0.15) is 18.4 Å². The highest BCUT2D eigenvalue weighted by Crippen LogP contribution is 2.45. The maximum Gasteiger partial charge on any atom is 0.234 e. The third-order valence-corrected chi connectivity index (χ3v) is 7.12. The minimum atomic E-state index is -0.283. The number of amides is 1. The van der Waals surface area contributed by atoms with Gasteiger partial charge < -0.3 is 24.7 Å². The molecule has 32 heavy (non-hydrogen) atoms. The van der Waals surface area contributed by atoms with E-state index in [1.54, 1.807) is 28.4 Å². The van der Waals surface area contributed by atoms with Crippen LogP contribution in [-0.2, 0) is 11.3 Å². The number of carbonyl (C=O) groups excluding carboxylic acids is 1. The number of hydrogen-bond donors (Lipinski definition) is 1. The first-order valence-electron chi connectivity index (χ1n) is 10.4. The van der Waals surface area contributed by atoms with Crippen LogP contribution in [-0.4, -0.2) is 51.8 Å². The van der Waals surface area contributed by atoms with Gasteiger partial charge in [-0.25, -0.2) is 0 Å². The number of nitrogens with zero attached hydrogens (tertiary/aromatic N) is 1. The Balaban J connectivity index is 2.04. The number of halogens is 1. The van der Waals surface area contributed by atoms with Crippen molar-refractivity contribution in [3.05, 3.63) is 34.3 Å². The summed E-state index contributed by atoms with van der Waals surface area (Å²) in [6.07, 6.45) is 1.72. The molecule has 8 heteroatoms. The van der Waals surface area contributed by atoms with Crippen LogP contribution in [0.5, 0.6) is 23.0 Å². The lowest BCUT2D eigenvalue weighted by atomic mass is 9.95. The standard InChI is InChI=1S/C24H27BrN2O5/c1-29-19-8-13-14-9-20(30-2)22(32-4)11-16(14)23(25)17(15(13)10-21(19)31-3)12-27-7-5-6-18(27)24(26)28/h8-11,18H,5-7,12H2,1-4H3,(H2,26,28)/t18-/m0/s1. The minimum Gasteiger partial charge on any atom is -0.493 e. The fourth-order valence-corrected chi connectivity index (χ4v) is 5.28. The van der Waals surface area contributed by atoms with E-state index in [1.165, 1.54) is 0 Å².